The van der Waals surface area contributed by atoms with E-state index in [1.165, 1.54) is 0 Å². The Labute approximate surface area is 196 Å². The van der Waals surface area contributed by atoms with Crippen LogP contribution in [0.15, 0.2) is 48.5 Å². The molecule has 0 spiro atoms. The second kappa shape index (κ2) is 11.1. The summed E-state index contributed by atoms with van der Waals surface area (Å²) >= 11 is 0. The SMILES string of the molecule is Cc1ccc(C(=O)N[C@H](C(=O)NCC(C)C)C2CCN(C(=O)c3ccc(C)cc3)CC2)cc1. The number of carbonyl (C=O) groups is 3. The van der Waals surface area contributed by atoms with Crippen molar-refractivity contribution >= 4 is 17.7 Å². The van der Waals surface area contributed by atoms with E-state index in [0.29, 0.717) is 49.5 Å². The van der Waals surface area contributed by atoms with Gasteiger partial charge in [0.2, 0.25) is 5.91 Å². The monoisotopic (exact) mass is 449 g/mol. The maximum atomic E-state index is 13.0. The summed E-state index contributed by atoms with van der Waals surface area (Å²) in [6, 6.07) is 14.3. The van der Waals surface area contributed by atoms with Gasteiger partial charge in [-0.2, -0.15) is 0 Å². The largest absolute Gasteiger partial charge is 0.354 e. The second-order valence-corrected chi connectivity index (χ2v) is 9.45. The zero-order chi connectivity index (χ0) is 24.0. The molecule has 0 radical (unpaired) electrons. The van der Waals surface area contributed by atoms with Crippen molar-refractivity contribution in [2.45, 2.75) is 46.6 Å². The molecule has 1 fully saturated rings. The van der Waals surface area contributed by atoms with E-state index in [1.807, 2.05) is 69.0 Å². The molecule has 3 rings (SSSR count). The molecule has 0 unspecified atom stereocenters. The summed E-state index contributed by atoms with van der Waals surface area (Å²) in [5.74, 6) is -0.117. The molecule has 1 aliphatic heterocycles. The first-order valence-corrected chi connectivity index (χ1v) is 11.8. The van der Waals surface area contributed by atoms with Crippen LogP contribution in [-0.2, 0) is 4.79 Å². The predicted molar refractivity (Wildman–Crippen MR) is 130 cm³/mol. The van der Waals surface area contributed by atoms with Gasteiger partial charge in [0.15, 0.2) is 0 Å². The van der Waals surface area contributed by atoms with Gasteiger partial charge in [-0.25, -0.2) is 0 Å². The van der Waals surface area contributed by atoms with Crippen LogP contribution in [0, 0.1) is 25.7 Å². The Balaban J connectivity index is 1.68. The van der Waals surface area contributed by atoms with Crippen molar-refractivity contribution in [2.75, 3.05) is 19.6 Å². The first-order chi connectivity index (χ1) is 15.7. The summed E-state index contributed by atoms with van der Waals surface area (Å²) in [6.45, 7) is 9.72. The van der Waals surface area contributed by atoms with Crippen LogP contribution in [-0.4, -0.2) is 48.3 Å². The van der Waals surface area contributed by atoms with Gasteiger partial charge in [0, 0.05) is 30.8 Å². The van der Waals surface area contributed by atoms with Crippen LogP contribution in [0.25, 0.3) is 0 Å². The lowest BCUT2D eigenvalue weighted by molar-refractivity contribution is -0.124. The maximum Gasteiger partial charge on any atom is 0.253 e. The lowest BCUT2D eigenvalue weighted by Crippen LogP contribution is -2.54. The average Bonchev–Trinajstić information content (AvgIpc) is 2.81. The van der Waals surface area contributed by atoms with Gasteiger partial charge in [0.25, 0.3) is 11.8 Å². The smallest absolute Gasteiger partial charge is 0.253 e. The fourth-order valence-corrected chi connectivity index (χ4v) is 4.06. The molecule has 0 saturated carbocycles. The molecule has 1 saturated heterocycles. The Bertz CT molecular complexity index is 959. The Hall–Kier alpha value is -3.15. The number of likely N-dealkylation sites (tertiary alicyclic amines) is 1. The minimum Gasteiger partial charge on any atom is -0.354 e. The highest BCUT2D eigenvalue weighted by Crippen LogP contribution is 2.23. The zero-order valence-corrected chi connectivity index (χ0v) is 20.1. The Kier molecular flexibility index (Phi) is 8.26. The van der Waals surface area contributed by atoms with Crippen LogP contribution in [0.5, 0.6) is 0 Å². The van der Waals surface area contributed by atoms with Crippen molar-refractivity contribution in [1.29, 1.82) is 0 Å². The molecule has 6 heteroatoms. The molecule has 0 aliphatic carbocycles. The molecular weight excluding hydrogens is 414 g/mol. The molecule has 1 aliphatic rings. The number of hydrogen-bond acceptors (Lipinski definition) is 3. The van der Waals surface area contributed by atoms with E-state index in [-0.39, 0.29) is 23.6 Å². The summed E-state index contributed by atoms with van der Waals surface area (Å²) < 4.78 is 0. The highest BCUT2D eigenvalue weighted by Gasteiger charge is 2.34. The molecule has 176 valence electrons. The van der Waals surface area contributed by atoms with Gasteiger partial charge in [0.05, 0.1) is 0 Å². The van der Waals surface area contributed by atoms with E-state index in [9.17, 15) is 14.4 Å². The van der Waals surface area contributed by atoms with Crippen LogP contribution in [0.2, 0.25) is 0 Å². The molecule has 2 N–H and O–H groups in total. The summed E-state index contributed by atoms with van der Waals surface area (Å²) in [5, 5.41) is 5.95. The maximum absolute atomic E-state index is 13.0. The molecule has 6 nitrogen and oxygen atoms in total. The first kappa shape index (κ1) is 24.5. The minimum atomic E-state index is -0.630. The van der Waals surface area contributed by atoms with Gasteiger partial charge in [-0.05, 0) is 62.8 Å². The van der Waals surface area contributed by atoms with Gasteiger partial charge < -0.3 is 15.5 Å². The number of amides is 3. The van der Waals surface area contributed by atoms with Crippen molar-refractivity contribution in [3.05, 3.63) is 70.8 Å². The van der Waals surface area contributed by atoms with E-state index < -0.39 is 6.04 Å². The van der Waals surface area contributed by atoms with Gasteiger partial charge in [-0.1, -0.05) is 49.2 Å². The molecule has 2 aromatic carbocycles. The van der Waals surface area contributed by atoms with E-state index >= 15 is 0 Å². The molecule has 33 heavy (non-hydrogen) atoms. The minimum absolute atomic E-state index is 0.0120. The number of nitrogens with zero attached hydrogens (tertiary/aromatic N) is 1. The number of aryl methyl sites for hydroxylation is 2. The van der Waals surface area contributed by atoms with Crippen LogP contribution < -0.4 is 10.6 Å². The van der Waals surface area contributed by atoms with E-state index in [4.69, 9.17) is 0 Å². The van der Waals surface area contributed by atoms with Crippen LogP contribution >= 0.6 is 0 Å². The van der Waals surface area contributed by atoms with E-state index in [2.05, 4.69) is 10.6 Å². The molecule has 1 heterocycles. The van der Waals surface area contributed by atoms with Crippen LogP contribution in [0.3, 0.4) is 0 Å². The third-order valence-electron chi connectivity index (χ3n) is 6.16. The number of piperidine rings is 1. The van der Waals surface area contributed by atoms with Crippen molar-refractivity contribution < 1.29 is 14.4 Å². The third-order valence-corrected chi connectivity index (χ3v) is 6.16. The fraction of sp³-hybridized carbons (Fsp3) is 0.444. The lowest BCUT2D eigenvalue weighted by atomic mass is 9.88. The highest BCUT2D eigenvalue weighted by atomic mass is 16.2. The number of rotatable bonds is 7. The normalized spacial score (nSPS) is 15.2. The fourth-order valence-electron chi connectivity index (χ4n) is 4.06. The van der Waals surface area contributed by atoms with Crippen molar-refractivity contribution in [3.63, 3.8) is 0 Å². The predicted octanol–water partition coefficient (Wildman–Crippen LogP) is 3.73. The summed E-state index contributed by atoms with van der Waals surface area (Å²) in [5.41, 5.74) is 3.40. The number of hydrogen-bond donors (Lipinski definition) is 2. The summed E-state index contributed by atoms with van der Waals surface area (Å²) in [7, 11) is 0. The number of carbonyl (C=O) groups excluding carboxylic acids is 3. The van der Waals surface area contributed by atoms with Gasteiger partial charge >= 0.3 is 0 Å². The van der Waals surface area contributed by atoms with Gasteiger partial charge in [-0.15, -0.1) is 0 Å². The van der Waals surface area contributed by atoms with Crippen LogP contribution in [0.4, 0.5) is 0 Å². The average molecular weight is 450 g/mol. The molecule has 2 aromatic rings. The Morgan fingerprint density at radius 1 is 0.879 bits per heavy atom. The Morgan fingerprint density at radius 3 is 1.91 bits per heavy atom. The van der Waals surface area contributed by atoms with Crippen LogP contribution in [0.1, 0.15) is 58.5 Å². The van der Waals surface area contributed by atoms with Gasteiger partial charge in [0.1, 0.15) is 6.04 Å². The molecule has 1 atom stereocenters. The first-order valence-electron chi connectivity index (χ1n) is 11.8. The molecule has 0 bridgehead atoms. The lowest BCUT2D eigenvalue weighted by Gasteiger charge is -2.36. The zero-order valence-electron chi connectivity index (χ0n) is 20.1. The summed E-state index contributed by atoms with van der Waals surface area (Å²) in [4.78, 5) is 40.6. The second-order valence-electron chi connectivity index (χ2n) is 9.45. The molecule has 3 amide bonds. The number of benzene rings is 2. The molecule has 0 aromatic heterocycles. The highest BCUT2D eigenvalue weighted by molar-refractivity contribution is 5.97. The third kappa shape index (κ3) is 6.67. The number of nitrogens with one attached hydrogen (secondary N) is 2. The topological polar surface area (TPSA) is 78.5 Å². The van der Waals surface area contributed by atoms with Crippen molar-refractivity contribution in [1.82, 2.24) is 15.5 Å². The van der Waals surface area contributed by atoms with E-state index in [1.54, 1.807) is 12.1 Å². The Morgan fingerprint density at radius 2 is 1.39 bits per heavy atom. The van der Waals surface area contributed by atoms with Crippen molar-refractivity contribution in [2.24, 2.45) is 11.8 Å². The standard InChI is InChI=1S/C27H35N3O3/c1-18(2)17-28-26(32)24(29-25(31)22-9-5-19(3)6-10-22)21-13-15-30(16-14-21)27(33)23-11-7-20(4)8-12-23/h5-12,18,21,24H,13-17H2,1-4H3,(H,28,32)(H,29,31)/t24-/m0/s1. The molecular formula is C27H35N3O3. The summed E-state index contributed by atoms with van der Waals surface area (Å²) in [6.07, 6.45) is 1.32. The van der Waals surface area contributed by atoms with E-state index in [0.717, 1.165) is 11.1 Å². The van der Waals surface area contributed by atoms with Gasteiger partial charge in [-0.3, -0.25) is 14.4 Å². The van der Waals surface area contributed by atoms with Crippen molar-refractivity contribution in [3.8, 4) is 0 Å². The quantitative estimate of drug-likeness (QED) is 0.676.